The van der Waals surface area contributed by atoms with Crippen LogP contribution in [0.25, 0.3) is 0 Å². The molecule has 0 spiro atoms. The molecule has 5 rings (SSSR count). The molecule has 1 heterocycles. The van der Waals surface area contributed by atoms with E-state index in [4.69, 9.17) is 23.7 Å². The topological polar surface area (TPSA) is 97.4 Å². The lowest BCUT2D eigenvalue weighted by Gasteiger charge is -2.27. The molecule has 0 N–H and O–H groups in total. The quantitative estimate of drug-likeness (QED) is 0.174. The summed E-state index contributed by atoms with van der Waals surface area (Å²) in [7, 11) is 0. The number of esters is 2. The number of ketones is 1. The first kappa shape index (κ1) is 27.5. The van der Waals surface area contributed by atoms with E-state index >= 15 is 0 Å². The van der Waals surface area contributed by atoms with E-state index in [1.807, 2.05) is 66.7 Å². The number of hydrogen-bond donors (Lipinski definition) is 0. The van der Waals surface area contributed by atoms with Gasteiger partial charge in [-0.3, -0.25) is 14.4 Å². The Labute approximate surface area is 237 Å². The smallest absolute Gasteiger partial charge is 0.308 e. The Balaban J connectivity index is 1.45. The van der Waals surface area contributed by atoms with E-state index in [0.29, 0.717) is 30.3 Å². The summed E-state index contributed by atoms with van der Waals surface area (Å²) in [5.41, 5.74) is 2.80. The third kappa shape index (κ3) is 6.91. The molecule has 4 aromatic rings. The molecule has 1 atom stereocenters. The van der Waals surface area contributed by atoms with Gasteiger partial charge in [-0.15, -0.1) is 0 Å². The monoisotopic (exact) mass is 552 g/mol. The van der Waals surface area contributed by atoms with Crippen LogP contribution in [0.5, 0.6) is 28.7 Å². The number of hydrogen-bond acceptors (Lipinski definition) is 8. The highest BCUT2D eigenvalue weighted by Crippen LogP contribution is 2.44. The van der Waals surface area contributed by atoms with Crippen LogP contribution in [0, 0.1) is 0 Å². The van der Waals surface area contributed by atoms with E-state index in [-0.39, 0.29) is 35.0 Å². The second-order valence-corrected chi connectivity index (χ2v) is 9.47. The lowest BCUT2D eigenvalue weighted by atomic mass is 9.95. The Bertz CT molecular complexity index is 1560. The maximum Gasteiger partial charge on any atom is 0.308 e. The minimum Gasteiger partial charge on any atom is -0.485 e. The highest BCUT2D eigenvalue weighted by Gasteiger charge is 2.33. The Morgan fingerprint density at radius 2 is 1.34 bits per heavy atom. The highest BCUT2D eigenvalue weighted by atomic mass is 16.6. The van der Waals surface area contributed by atoms with Gasteiger partial charge in [0, 0.05) is 26.0 Å². The maximum atomic E-state index is 13.3. The predicted octanol–water partition coefficient (Wildman–Crippen LogP) is 6.40. The van der Waals surface area contributed by atoms with Crippen LogP contribution in [0.2, 0.25) is 0 Å². The minimum absolute atomic E-state index is 0.00345. The average Bonchev–Trinajstić information content (AvgIpc) is 2.95. The van der Waals surface area contributed by atoms with Crippen molar-refractivity contribution >= 4 is 17.7 Å². The summed E-state index contributed by atoms with van der Waals surface area (Å²) >= 11 is 0. The zero-order valence-electron chi connectivity index (χ0n) is 22.6. The highest BCUT2D eigenvalue weighted by molar-refractivity contribution is 6.03. The molecule has 0 saturated carbocycles. The van der Waals surface area contributed by atoms with Crippen LogP contribution in [-0.4, -0.2) is 17.7 Å². The number of benzene rings is 4. The molecule has 0 aliphatic carbocycles. The molecule has 0 aromatic heterocycles. The van der Waals surface area contributed by atoms with E-state index in [1.165, 1.54) is 26.0 Å². The van der Waals surface area contributed by atoms with Crippen LogP contribution in [-0.2, 0) is 22.8 Å². The lowest BCUT2D eigenvalue weighted by Crippen LogP contribution is -2.22. The standard InChI is InChI=1S/C33H28O8/c1-21(34)39-26-16-31(40-22(2)35)33-27(36)18-29(41-32(33)17-26)25-13-14-28(37-19-23-9-5-3-6-10-23)30(15-25)38-20-24-11-7-4-8-12-24/h3-17,29H,18-20H2,1-2H3/t29-/m0/s1. The van der Waals surface area contributed by atoms with Crippen molar-refractivity contribution in [2.45, 2.75) is 39.6 Å². The van der Waals surface area contributed by atoms with Gasteiger partial charge >= 0.3 is 11.9 Å². The van der Waals surface area contributed by atoms with E-state index < -0.39 is 18.0 Å². The summed E-state index contributed by atoms with van der Waals surface area (Å²) in [5.74, 6) is -0.194. The van der Waals surface area contributed by atoms with Crippen molar-refractivity contribution in [3.05, 3.63) is 113 Å². The summed E-state index contributed by atoms with van der Waals surface area (Å²) in [6.07, 6.45) is -0.675. The molecule has 8 heteroatoms. The maximum absolute atomic E-state index is 13.3. The summed E-state index contributed by atoms with van der Waals surface area (Å²) in [5, 5.41) is 0. The van der Waals surface area contributed by atoms with Gasteiger partial charge in [-0.25, -0.2) is 0 Å². The third-order valence-corrected chi connectivity index (χ3v) is 6.29. The second kappa shape index (κ2) is 12.4. The summed E-state index contributed by atoms with van der Waals surface area (Å²) < 4.78 is 29.0. The number of ether oxygens (including phenoxy) is 5. The summed E-state index contributed by atoms with van der Waals surface area (Å²) in [6.45, 7) is 3.14. The lowest BCUT2D eigenvalue weighted by molar-refractivity contribution is -0.132. The van der Waals surface area contributed by atoms with Gasteiger partial charge in [-0.1, -0.05) is 66.7 Å². The minimum atomic E-state index is -0.671. The van der Waals surface area contributed by atoms with Gasteiger partial charge in [0.25, 0.3) is 0 Å². The molecule has 1 aliphatic heterocycles. The summed E-state index contributed by atoms with van der Waals surface area (Å²) in [6, 6.07) is 27.7. The van der Waals surface area contributed by atoms with E-state index in [0.717, 1.165) is 11.1 Å². The molecule has 0 fully saturated rings. The molecular formula is C33H28O8. The van der Waals surface area contributed by atoms with Crippen LogP contribution >= 0.6 is 0 Å². The Morgan fingerprint density at radius 3 is 1.95 bits per heavy atom. The molecule has 0 saturated heterocycles. The molecule has 0 amide bonds. The zero-order valence-corrected chi connectivity index (χ0v) is 22.6. The fourth-order valence-corrected chi connectivity index (χ4v) is 4.47. The molecule has 1 aliphatic rings. The van der Waals surface area contributed by atoms with Gasteiger partial charge < -0.3 is 23.7 Å². The molecule has 41 heavy (non-hydrogen) atoms. The van der Waals surface area contributed by atoms with Crippen molar-refractivity contribution < 1.29 is 38.1 Å². The molecule has 8 nitrogen and oxygen atoms in total. The molecular weight excluding hydrogens is 524 g/mol. The number of carbonyl (C=O) groups excluding carboxylic acids is 3. The third-order valence-electron chi connectivity index (χ3n) is 6.29. The van der Waals surface area contributed by atoms with E-state index in [9.17, 15) is 14.4 Å². The fraction of sp³-hybridized carbons (Fsp3) is 0.182. The van der Waals surface area contributed by atoms with E-state index in [1.54, 1.807) is 12.1 Å². The number of fused-ring (bicyclic) bond motifs is 1. The Kier molecular flexibility index (Phi) is 8.29. The predicted molar refractivity (Wildman–Crippen MR) is 149 cm³/mol. The first-order valence-corrected chi connectivity index (χ1v) is 13.1. The van der Waals surface area contributed by atoms with Crippen LogP contribution in [0.1, 0.15) is 53.4 Å². The fourth-order valence-electron chi connectivity index (χ4n) is 4.47. The van der Waals surface area contributed by atoms with Crippen molar-refractivity contribution in [3.63, 3.8) is 0 Å². The summed E-state index contributed by atoms with van der Waals surface area (Å²) in [4.78, 5) is 36.6. The van der Waals surface area contributed by atoms with Gasteiger partial charge in [-0.05, 0) is 28.8 Å². The molecule has 208 valence electrons. The zero-order chi connectivity index (χ0) is 28.8. The Morgan fingerprint density at radius 1 is 0.732 bits per heavy atom. The second-order valence-electron chi connectivity index (χ2n) is 9.47. The van der Waals surface area contributed by atoms with Gasteiger partial charge in [0.05, 0.1) is 6.42 Å². The Hall–Kier alpha value is -5.11. The van der Waals surface area contributed by atoms with Crippen molar-refractivity contribution in [1.29, 1.82) is 0 Å². The first-order chi connectivity index (χ1) is 19.9. The SMILES string of the molecule is CC(=O)Oc1cc(OC(C)=O)c2c(c1)O[C@H](c1ccc(OCc3ccccc3)c(OCc3ccccc3)c1)CC2=O. The van der Waals surface area contributed by atoms with Crippen molar-refractivity contribution in [2.75, 3.05) is 0 Å². The number of rotatable bonds is 9. The van der Waals surface area contributed by atoms with Crippen LogP contribution in [0.15, 0.2) is 91.0 Å². The average molecular weight is 553 g/mol. The van der Waals surface area contributed by atoms with Crippen LogP contribution in [0.4, 0.5) is 0 Å². The van der Waals surface area contributed by atoms with Crippen molar-refractivity contribution in [3.8, 4) is 28.7 Å². The number of carbonyl (C=O) groups is 3. The molecule has 0 unspecified atom stereocenters. The first-order valence-electron chi connectivity index (χ1n) is 13.1. The largest absolute Gasteiger partial charge is 0.485 e. The van der Waals surface area contributed by atoms with E-state index in [2.05, 4.69) is 0 Å². The molecule has 0 radical (unpaired) electrons. The van der Waals surface area contributed by atoms with Crippen molar-refractivity contribution in [2.24, 2.45) is 0 Å². The molecule has 4 aromatic carbocycles. The van der Waals surface area contributed by atoms with Gasteiger partial charge in [0.2, 0.25) is 0 Å². The normalized spacial score (nSPS) is 13.9. The van der Waals surface area contributed by atoms with Crippen LogP contribution < -0.4 is 23.7 Å². The van der Waals surface area contributed by atoms with Gasteiger partial charge in [0.1, 0.15) is 42.1 Å². The van der Waals surface area contributed by atoms with Crippen LogP contribution in [0.3, 0.4) is 0 Å². The molecule has 0 bridgehead atoms. The van der Waals surface area contributed by atoms with Crippen molar-refractivity contribution in [1.82, 2.24) is 0 Å². The van der Waals surface area contributed by atoms with Gasteiger partial charge in [0.15, 0.2) is 17.3 Å². The van der Waals surface area contributed by atoms with Gasteiger partial charge in [-0.2, -0.15) is 0 Å². The number of Topliss-reactive ketones (excluding diaryl/α,β-unsaturated/α-hetero) is 1.